The first-order valence-electron chi connectivity index (χ1n) is 19.3. The number of ether oxygens (including phenoxy) is 1. The Labute approximate surface area is 303 Å². The van der Waals surface area contributed by atoms with Crippen LogP contribution in [0.25, 0.3) is 0 Å². The Morgan fingerprint density at radius 1 is 0.980 bits per heavy atom. The molecule has 0 radical (unpaired) electrons. The molecule has 49 heavy (non-hydrogen) atoms. The average molecular weight is 715 g/mol. The van der Waals surface area contributed by atoms with E-state index in [4.69, 9.17) is 13.6 Å². The van der Waals surface area contributed by atoms with Crippen LogP contribution in [0.5, 0.6) is 0 Å². The molecule has 0 aliphatic heterocycles. The fourth-order valence-corrected chi connectivity index (χ4v) is 10.7. The van der Waals surface area contributed by atoms with Gasteiger partial charge >= 0.3 is 5.97 Å². The molecule has 0 unspecified atom stereocenters. The topological polar surface area (TPSA) is 65.0 Å². The minimum Gasteiger partial charge on any atom is -0.465 e. The maximum absolute atomic E-state index is 12.5. The molecule has 0 saturated heterocycles. The van der Waals surface area contributed by atoms with Crippen molar-refractivity contribution in [3.8, 4) is 0 Å². The van der Waals surface area contributed by atoms with Crippen LogP contribution < -0.4 is 0 Å². The fourth-order valence-electron chi connectivity index (χ4n) is 8.00. The zero-order valence-electron chi connectivity index (χ0n) is 34.2. The Morgan fingerprint density at radius 2 is 1.57 bits per heavy atom. The quantitative estimate of drug-likeness (QED) is 0.131. The Hall–Kier alpha value is -1.26. The first-order valence-corrected chi connectivity index (χ1v) is 25.1. The number of hydrogen-bond acceptors (Lipinski definition) is 5. The lowest BCUT2D eigenvalue weighted by molar-refractivity contribution is -0.158. The smallest absolute Gasteiger partial charge is 0.314 e. The van der Waals surface area contributed by atoms with E-state index < -0.39 is 28.2 Å². The van der Waals surface area contributed by atoms with Gasteiger partial charge in [-0.2, -0.15) is 0 Å². The van der Waals surface area contributed by atoms with Gasteiger partial charge in [-0.05, 0) is 130 Å². The van der Waals surface area contributed by atoms with E-state index in [-0.39, 0.29) is 33.7 Å². The van der Waals surface area contributed by atoms with Crippen molar-refractivity contribution in [3.05, 3.63) is 47.6 Å². The summed E-state index contributed by atoms with van der Waals surface area (Å²) >= 11 is 0. The standard InChI is InChI=1S/C42H74O5Si2/c1-17-45-38(44)41(10,11)37(43)25-20-29(2)34-23-24-35-31(19-18-26-42(34,35)12)21-22-32-27-33(46-48(13,14)39(4,5)6)28-36(30(32)3)47-49(15,16)40(7,8)9/h20-22,25,29,33-37,43H,3,17-19,23-24,26-28H2,1-2,4-16H3/t29-,33-,34-,35+,36+,37-,42-/m1/s1. The van der Waals surface area contributed by atoms with Gasteiger partial charge in [0.25, 0.3) is 0 Å². The third kappa shape index (κ3) is 9.41. The van der Waals surface area contributed by atoms with Gasteiger partial charge in [0.15, 0.2) is 16.6 Å². The molecule has 0 heterocycles. The number of fused-ring (bicyclic) bond motifs is 1. The predicted molar refractivity (Wildman–Crippen MR) is 212 cm³/mol. The maximum Gasteiger partial charge on any atom is 0.314 e. The molecule has 0 spiro atoms. The van der Waals surface area contributed by atoms with E-state index in [9.17, 15) is 9.90 Å². The van der Waals surface area contributed by atoms with Crippen molar-refractivity contribution in [2.24, 2.45) is 28.6 Å². The molecule has 7 atom stereocenters. The molecule has 0 aromatic carbocycles. The molecule has 0 aromatic rings. The van der Waals surface area contributed by atoms with Crippen LogP contribution in [0.15, 0.2) is 47.6 Å². The highest BCUT2D eigenvalue weighted by Gasteiger charge is 2.51. The molecule has 3 rings (SSSR count). The summed E-state index contributed by atoms with van der Waals surface area (Å²) in [7, 11) is -3.98. The highest BCUT2D eigenvalue weighted by atomic mass is 28.4. The largest absolute Gasteiger partial charge is 0.465 e. The monoisotopic (exact) mass is 715 g/mol. The second-order valence-corrected chi connectivity index (χ2v) is 29.0. The normalized spacial score (nSPS) is 30.6. The van der Waals surface area contributed by atoms with Gasteiger partial charge in [-0.25, -0.2) is 0 Å². The van der Waals surface area contributed by atoms with E-state index >= 15 is 0 Å². The summed E-state index contributed by atoms with van der Waals surface area (Å²) in [6.45, 7) is 38.4. The van der Waals surface area contributed by atoms with Gasteiger partial charge in [-0.15, -0.1) is 0 Å². The van der Waals surface area contributed by atoms with E-state index in [1.54, 1.807) is 26.3 Å². The van der Waals surface area contributed by atoms with Gasteiger partial charge in [0, 0.05) is 6.42 Å². The number of allylic oxidation sites excluding steroid dienone is 4. The van der Waals surface area contributed by atoms with Crippen molar-refractivity contribution in [2.45, 2.75) is 176 Å². The summed E-state index contributed by atoms with van der Waals surface area (Å²) in [5.74, 6) is 1.02. The molecule has 0 bridgehead atoms. The number of rotatable bonds is 11. The molecular weight excluding hydrogens is 641 g/mol. The van der Waals surface area contributed by atoms with Gasteiger partial charge in [0.2, 0.25) is 0 Å². The van der Waals surface area contributed by atoms with Crippen molar-refractivity contribution in [1.29, 1.82) is 0 Å². The number of hydrogen-bond donors (Lipinski definition) is 1. The van der Waals surface area contributed by atoms with Crippen LogP contribution in [0.2, 0.25) is 36.3 Å². The van der Waals surface area contributed by atoms with Gasteiger partial charge in [-0.1, -0.05) is 91.8 Å². The van der Waals surface area contributed by atoms with Crippen molar-refractivity contribution in [1.82, 2.24) is 0 Å². The molecule has 1 N–H and O–H groups in total. The lowest BCUT2D eigenvalue weighted by Crippen LogP contribution is -2.49. The summed E-state index contributed by atoms with van der Waals surface area (Å²) < 4.78 is 19.4. The van der Waals surface area contributed by atoms with Crippen LogP contribution >= 0.6 is 0 Å². The number of carbonyl (C=O) groups excluding carboxylic acids is 1. The van der Waals surface area contributed by atoms with Crippen molar-refractivity contribution in [2.75, 3.05) is 6.61 Å². The van der Waals surface area contributed by atoms with Crippen LogP contribution in [0.3, 0.4) is 0 Å². The van der Waals surface area contributed by atoms with E-state index in [0.717, 1.165) is 24.8 Å². The van der Waals surface area contributed by atoms with Gasteiger partial charge in [0.1, 0.15) is 0 Å². The van der Waals surface area contributed by atoms with Crippen LogP contribution in [-0.4, -0.2) is 52.6 Å². The van der Waals surface area contributed by atoms with Crippen molar-refractivity contribution in [3.63, 3.8) is 0 Å². The summed E-state index contributed by atoms with van der Waals surface area (Å²) in [4.78, 5) is 12.5. The predicted octanol–water partition coefficient (Wildman–Crippen LogP) is 11.3. The average Bonchev–Trinajstić information content (AvgIpc) is 3.32. The van der Waals surface area contributed by atoms with E-state index in [0.29, 0.717) is 24.4 Å². The zero-order chi connectivity index (χ0) is 37.4. The second-order valence-electron chi connectivity index (χ2n) is 19.5. The highest BCUT2D eigenvalue weighted by molar-refractivity contribution is 6.74. The summed E-state index contributed by atoms with van der Waals surface area (Å²) in [5.41, 5.74) is 3.24. The summed E-state index contributed by atoms with van der Waals surface area (Å²) in [6, 6.07) is 0. The van der Waals surface area contributed by atoms with Crippen LogP contribution in [0.1, 0.15) is 121 Å². The third-order valence-electron chi connectivity index (χ3n) is 13.5. The van der Waals surface area contributed by atoms with E-state index in [2.05, 4.69) is 106 Å². The van der Waals surface area contributed by atoms with Crippen LogP contribution in [0, 0.1) is 28.6 Å². The molecule has 3 fully saturated rings. The molecule has 7 heteroatoms. The molecule has 0 aromatic heterocycles. The number of esters is 1. The molecule has 0 amide bonds. The van der Waals surface area contributed by atoms with Crippen molar-refractivity contribution < 1.29 is 23.5 Å². The molecule has 5 nitrogen and oxygen atoms in total. The lowest BCUT2D eigenvalue weighted by Gasteiger charge is -2.45. The van der Waals surface area contributed by atoms with Gasteiger partial charge in [0.05, 0.1) is 30.3 Å². The number of aliphatic hydroxyl groups excluding tert-OH is 1. The molecule has 3 saturated carbocycles. The Balaban J connectivity index is 1.87. The third-order valence-corrected chi connectivity index (χ3v) is 22.6. The summed E-state index contributed by atoms with van der Waals surface area (Å²) in [5, 5.41) is 11.2. The molecular formula is C42H74O5Si2. The lowest BCUT2D eigenvalue weighted by atomic mass is 9.61. The maximum atomic E-state index is 12.5. The van der Waals surface area contributed by atoms with Crippen molar-refractivity contribution >= 4 is 22.6 Å². The molecule has 3 aliphatic rings. The van der Waals surface area contributed by atoms with E-state index in [1.807, 2.05) is 6.08 Å². The Bertz CT molecular complexity index is 1280. The zero-order valence-corrected chi connectivity index (χ0v) is 36.2. The highest BCUT2D eigenvalue weighted by Crippen LogP contribution is 2.59. The first-order chi connectivity index (χ1) is 22.3. The number of carbonyl (C=O) groups is 1. The van der Waals surface area contributed by atoms with Crippen LogP contribution in [-0.2, 0) is 18.4 Å². The van der Waals surface area contributed by atoms with Crippen LogP contribution in [0.4, 0.5) is 0 Å². The van der Waals surface area contributed by atoms with E-state index in [1.165, 1.54) is 31.3 Å². The SMILES string of the molecule is C=C1C(=CC=C2CCC[C@]3(C)[C@@H]([C@H](C)C=C[C@@H](O)C(C)(C)C(=O)OCC)CC[C@@H]23)C[C@@H](O[Si](C)(C)C(C)(C)C)C[C@@H]1O[Si](C)(C)C(C)(C)C. The second kappa shape index (κ2) is 15.4. The first kappa shape index (κ1) is 42.2. The van der Waals surface area contributed by atoms with Gasteiger partial charge < -0.3 is 18.7 Å². The Kier molecular flexibility index (Phi) is 13.2. The molecule has 280 valence electrons. The minimum atomic E-state index is -2.02. The summed E-state index contributed by atoms with van der Waals surface area (Å²) in [6.07, 6.45) is 15.8. The molecule has 3 aliphatic carbocycles. The Morgan fingerprint density at radius 3 is 2.14 bits per heavy atom. The number of aliphatic hydroxyl groups is 1. The van der Waals surface area contributed by atoms with Gasteiger partial charge in [-0.3, -0.25) is 4.79 Å². The fraction of sp³-hybridized carbons (Fsp3) is 0.786. The minimum absolute atomic E-state index is 0.0154.